The number of hydrogen-bond donors (Lipinski definition) is 1. The number of rotatable bonds is 3. The molecule has 1 aliphatic rings. The van der Waals surface area contributed by atoms with Crippen molar-refractivity contribution in [1.29, 1.82) is 0 Å². The van der Waals surface area contributed by atoms with Gasteiger partial charge in [0.2, 0.25) is 0 Å². The molecule has 2 aromatic heterocycles. The molecule has 4 nitrogen and oxygen atoms in total. The molecule has 0 amide bonds. The molecular weight excluding hydrogens is 188 g/mol. The summed E-state index contributed by atoms with van der Waals surface area (Å²) in [6.45, 7) is 3.32. The highest BCUT2D eigenvalue weighted by Gasteiger charge is 2.32. The molecule has 1 N–H and O–H groups in total. The van der Waals surface area contributed by atoms with Crippen molar-refractivity contribution in [3.05, 3.63) is 24.7 Å². The number of nitrogens with one attached hydrogen (secondary N) is 1. The van der Waals surface area contributed by atoms with E-state index < -0.39 is 0 Å². The normalized spacial score (nSPS) is 24.3. The van der Waals surface area contributed by atoms with E-state index in [2.05, 4.69) is 22.3 Å². The summed E-state index contributed by atoms with van der Waals surface area (Å²) in [4.78, 5) is 4.33. The largest absolute Gasteiger partial charge is 0.368 e. The van der Waals surface area contributed by atoms with Crippen LogP contribution in [-0.2, 0) is 0 Å². The minimum Gasteiger partial charge on any atom is -0.368 e. The van der Waals surface area contributed by atoms with Crippen LogP contribution in [0, 0.1) is 11.8 Å². The first-order valence-corrected chi connectivity index (χ1v) is 5.37. The van der Waals surface area contributed by atoms with Gasteiger partial charge in [0.05, 0.1) is 6.20 Å². The van der Waals surface area contributed by atoms with Crippen molar-refractivity contribution >= 4 is 11.3 Å². The molecule has 78 valence electrons. The van der Waals surface area contributed by atoms with Gasteiger partial charge >= 0.3 is 0 Å². The molecule has 2 unspecified atom stereocenters. The third-order valence-electron chi connectivity index (χ3n) is 3.13. The van der Waals surface area contributed by atoms with Gasteiger partial charge in [0.25, 0.3) is 0 Å². The van der Waals surface area contributed by atoms with Crippen LogP contribution in [0.2, 0.25) is 0 Å². The predicted octanol–water partition coefficient (Wildman–Crippen LogP) is 1.80. The summed E-state index contributed by atoms with van der Waals surface area (Å²) in [6.07, 6.45) is 6.77. The molecule has 0 radical (unpaired) electrons. The fourth-order valence-electron chi connectivity index (χ4n) is 1.91. The smallest absolute Gasteiger partial charge is 0.152 e. The summed E-state index contributed by atoms with van der Waals surface area (Å²) >= 11 is 0. The van der Waals surface area contributed by atoms with E-state index in [0.29, 0.717) is 0 Å². The summed E-state index contributed by atoms with van der Waals surface area (Å²) in [5.41, 5.74) is 1.05. The van der Waals surface area contributed by atoms with E-state index in [0.717, 1.165) is 29.7 Å². The van der Waals surface area contributed by atoms with Crippen molar-refractivity contribution in [3.8, 4) is 0 Å². The Balaban J connectivity index is 1.81. The van der Waals surface area contributed by atoms with Crippen LogP contribution in [0.3, 0.4) is 0 Å². The van der Waals surface area contributed by atoms with Gasteiger partial charge in [-0.3, -0.25) is 0 Å². The van der Waals surface area contributed by atoms with Gasteiger partial charge in [-0.15, -0.1) is 0 Å². The lowest BCUT2D eigenvalue weighted by Gasteiger charge is -2.05. The molecule has 1 saturated carbocycles. The van der Waals surface area contributed by atoms with Gasteiger partial charge in [0, 0.05) is 18.9 Å². The lowest BCUT2D eigenvalue weighted by atomic mass is 10.3. The Bertz CT molecular complexity index is 476. The monoisotopic (exact) mass is 202 g/mol. The molecule has 2 heterocycles. The van der Waals surface area contributed by atoms with Crippen molar-refractivity contribution in [2.45, 2.75) is 13.3 Å². The van der Waals surface area contributed by atoms with Gasteiger partial charge in [0.15, 0.2) is 5.82 Å². The van der Waals surface area contributed by atoms with Gasteiger partial charge in [0.1, 0.15) is 5.52 Å². The zero-order valence-corrected chi connectivity index (χ0v) is 8.72. The molecule has 15 heavy (non-hydrogen) atoms. The SMILES string of the molecule is CC1CC1CNc1nccn2nccc12. The zero-order valence-electron chi connectivity index (χ0n) is 8.72. The molecule has 2 atom stereocenters. The topological polar surface area (TPSA) is 42.2 Å². The van der Waals surface area contributed by atoms with Gasteiger partial charge in [-0.2, -0.15) is 5.10 Å². The quantitative estimate of drug-likeness (QED) is 0.825. The lowest BCUT2D eigenvalue weighted by Crippen LogP contribution is -2.07. The van der Waals surface area contributed by atoms with E-state index in [9.17, 15) is 0 Å². The minimum atomic E-state index is 0.829. The van der Waals surface area contributed by atoms with Crippen LogP contribution in [0.5, 0.6) is 0 Å². The van der Waals surface area contributed by atoms with E-state index in [1.165, 1.54) is 6.42 Å². The Hall–Kier alpha value is -1.58. The highest BCUT2D eigenvalue weighted by molar-refractivity contribution is 5.66. The fourth-order valence-corrected chi connectivity index (χ4v) is 1.91. The third-order valence-corrected chi connectivity index (χ3v) is 3.13. The molecular formula is C11H14N4. The van der Waals surface area contributed by atoms with Gasteiger partial charge < -0.3 is 5.32 Å². The fraction of sp³-hybridized carbons (Fsp3) is 0.455. The molecule has 0 aliphatic heterocycles. The molecule has 0 aromatic carbocycles. The summed E-state index contributed by atoms with van der Waals surface area (Å²) < 4.78 is 1.84. The number of anilines is 1. The first-order chi connectivity index (χ1) is 7.34. The Morgan fingerprint density at radius 3 is 3.20 bits per heavy atom. The van der Waals surface area contributed by atoms with Crippen molar-refractivity contribution in [2.24, 2.45) is 11.8 Å². The van der Waals surface area contributed by atoms with Crippen molar-refractivity contribution in [2.75, 3.05) is 11.9 Å². The first-order valence-electron chi connectivity index (χ1n) is 5.37. The molecule has 4 heteroatoms. The zero-order chi connectivity index (χ0) is 10.3. The Labute approximate surface area is 88.3 Å². The van der Waals surface area contributed by atoms with Gasteiger partial charge in [-0.25, -0.2) is 9.50 Å². The molecule has 0 saturated heterocycles. The van der Waals surface area contributed by atoms with Crippen molar-refractivity contribution in [1.82, 2.24) is 14.6 Å². The summed E-state index contributed by atoms with van der Waals surface area (Å²) in [5, 5.41) is 7.57. The highest BCUT2D eigenvalue weighted by Crippen LogP contribution is 2.37. The van der Waals surface area contributed by atoms with Crippen LogP contribution in [0.1, 0.15) is 13.3 Å². The first kappa shape index (κ1) is 8.71. The molecule has 0 spiro atoms. The maximum Gasteiger partial charge on any atom is 0.152 e. The van der Waals surface area contributed by atoms with Crippen LogP contribution in [0.15, 0.2) is 24.7 Å². The van der Waals surface area contributed by atoms with E-state index in [-0.39, 0.29) is 0 Å². The second-order valence-electron chi connectivity index (χ2n) is 4.29. The van der Waals surface area contributed by atoms with Crippen LogP contribution in [-0.4, -0.2) is 21.1 Å². The minimum absolute atomic E-state index is 0.829. The molecule has 1 fully saturated rings. The van der Waals surface area contributed by atoms with E-state index in [1.54, 1.807) is 12.4 Å². The van der Waals surface area contributed by atoms with Gasteiger partial charge in [-0.05, 0) is 24.3 Å². The maximum absolute atomic E-state index is 4.33. The summed E-state index contributed by atoms with van der Waals surface area (Å²) in [6, 6.07) is 1.98. The standard InChI is InChI=1S/C11H14N4/c1-8-6-9(8)7-13-11-10-2-3-14-15(10)5-4-12-11/h2-5,8-9H,6-7H2,1H3,(H,12,13). The average molecular weight is 202 g/mol. The Kier molecular flexibility index (Phi) is 1.87. The van der Waals surface area contributed by atoms with Crippen molar-refractivity contribution in [3.63, 3.8) is 0 Å². The molecule has 2 aromatic rings. The van der Waals surface area contributed by atoms with E-state index >= 15 is 0 Å². The van der Waals surface area contributed by atoms with Crippen LogP contribution in [0.25, 0.3) is 5.52 Å². The second kappa shape index (κ2) is 3.22. The third kappa shape index (κ3) is 1.56. The number of aromatic nitrogens is 3. The lowest BCUT2D eigenvalue weighted by molar-refractivity contribution is 0.784. The van der Waals surface area contributed by atoms with Crippen LogP contribution >= 0.6 is 0 Å². The van der Waals surface area contributed by atoms with E-state index in [4.69, 9.17) is 0 Å². The number of fused-ring (bicyclic) bond motifs is 1. The van der Waals surface area contributed by atoms with Crippen molar-refractivity contribution < 1.29 is 0 Å². The number of hydrogen-bond acceptors (Lipinski definition) is 3. The molecule has 3 rings (SSSR count). The highest BCUT2D eigenvalue weighted by atomic mass is 15.2. The van der Waals surface area contributed by atoms with Gasteiger partial charge in [-0.1, -0.05) is 6.92 Å². The van der Waals surface area contributed by atoms with Crippen LogP contribution in [0.4, 0.5) is 5.82 Å². The Morgan fingerprint density at radius 2 is 2.40 bits per heavy atom. The second-order valence-corrected chi connectivity index (χ2v) is 4.29. The Morgan fingerprint density at radius 1 is 1.53 bits per heavy atom. The van der Waals surface area contributed by atoms with E-state index in [1.807, 2.05) is 16.8 Å². The molecule has 1 aliphatic carbocycles. The van der Waals surface area contributed by atoms with Crippen LogP contribution < -0.4 is 5.32 Å². The predicted molar refractivity (Wildman–Crippen MR) is 58.7 cm³/mol. The summed E-state index contributed by atoms with van der Waals surface area (Å²) in [7, 11) is 0. The summed E-state index contributed by atoms with van der Waals surface area (Å²) in [5.74, 6) is 2.64. The maximum atomic E-state index is 4.33. The molecule has 0 bridgehead atoms. The number of nitrogens with zero attached hydrogens (tertiary/aromatic N) is 3. The average Bonchev–Trinajstić information content (AvgIpc) is 2.78.